The Morgan fingerprint density at radius 1 is 1.17 bits per heavy atom. The standard InChI is InChI=1S/C21H27N5O3/c1-14-16-13-25(19(28)29-20(2,3)4)11-12-26(16)24-17(14)18(27)23-21(7-8-21)15-5-9-22-10-6-15/h5-6,9-10H,7-8,11-13H2,1-4H3,(H,23,27). The summed E-state index contributed by atoms with van der Waals surface area (Å²) in [5.74, 6) is -0.178. The Labute approximate surface area is 170 Å². The molecule has 0 unspecified atom stereocenters. The first-order valence-electron chi connectivity index (χ1n) is 9.96. The number of aromatic nitrogens is 3. The number of carbonyl (C=O) groups is 2. The van der Waals surface area contributed by atoms with Crippen LogP contribution in [-0.4, -0.2) is 43.8 Å². The van der Waals surface area contributed by atoms with Crippen LogP contribution in [0.2, 0.25) is 0 Å². The smallest absolute Gasteiger partial charge is 0.410 e. The molecule has 0 aromatic carbocycles. The quantitative estimate of drug-likeness (QED) is 0.860. The van der Waals surface area contributed by atoms with E-state index in [9.17, 15) is 9.59 Å². The predicted octanol–water partition coefficient (Wildman–Crippen LogP) is 2.76. The van der Waals surface area contributed by atoms with Gasteiger partial charge in [-0.25, -0.2) is 4.79 Å². The topological polar surface area (TPSA) is 89.4 Å². The van der Waals surface area contributed by atoms with Crippen molar-refractivity contribution in [3.05, 3.63) is 47.0 Å². The van der Waals surface area contributed by atoms with E-state index in [1.54, 1.807) is 17.3 Å². The Balaban J connectivity index is 1.50. The normalized spacial score (nSPS) is 17.4. The van der Waals surface area contributed by atoms with E-state index >= 15 is 0 Å². The minimum absolute atomic E-state index is 0.178. The van der Waals surface area contributed by atoms with Gasteiger partial charge in [-0.3, -0.25) is 14.5 Å². The summed E-state index contributed by atoms with van der Waals surface area (Å²) in [5.41, 5.74) is 2.31. The number of nitrogens with zero attached hydrogens (tertiary/aromatic N) is 4. The molecule has 29 heavy (non-hydrogen) atoms. The monoisotopic (exact) mass is 397 g/mol. The van der Waals surface area contributed by atoms with Gasteiger partial charge in [0.05, 0.1) is 24.3 Å². The second-order valence-corrected chi connectivity index (χ2v) is 8.82. The van der Waals surface area contributed by atoms with Gasteiger partial charge in [-0.2, -0.15) is 5.10 Å². The van der Waals surface area contributed by atoms with E-state index in [2.05, 4.69) is 15.4 Å². The molecule has 0 saturated heterocycles. The molecule has 8 heteroatoms. The molecule has 1 aliphatic heterocycles. The Bertz CT molecular complexity index is 941. The first-order valence-corrected chi connectivity index (χ1v) is 9.96. The molecule has 1 saturated carbocycles. The van der Waals surface area contributed by atoms with E-state index in [1.165, 1.54) is 0 Å². The lowest BCUT2D eigenvalue weighted by molar-refractivity contribution is 0.0193. The highest BCUT2D eigenvalue weighted by molar-refractivity contribution is 5.94. The van der Waals surface area contributed by atoms with Crippen LogP contribution in [0.1, 0.15) is 60.9 Å². The molecule has 2 aromatic rings. The van der Waals surface area contributed by atoms with Crippen LogP contribution in [0.3, 0.4) is 0 Å². The molecule has 0 atom stereocenters. The van der Waals surface area contributed by atoms with E-state index in [0.717, 1.165) is 29.7 Å². The van der Waals surface area contributed by atoms with Crippen LogP contribution in [-0.2, 0) is 23.4 Å². The average Bonchev–Trinajstić information content (AvgIpc) is 3.38. The molecular weight excluding hydrogens is 370 g/mol. The highest BCUT2D eigenvalue weighted by Gasteiger charge is 2.46. The summed E-state index contributed by atoms with van der Waals surface area (Å²) in [5, 5.41) is 7.70. The summed E-state index contributed by atoms with van der Waals surface area (Å²) in [6, 6.07) is 3.88. The van der Waals surface area contributed by atoms with Crippen molar-refractivity contribution >= 4 is 12.0 Å². The molecule has 3 heterocycles. The van der Waals surface area contributed by atoms with Crippen molar-refractivity contribution in [1.29, 1.82) is 0 Å². The lowest BCUT2D eigenvalue weighted by Gasteiger charge is -2.30. The Morgan fingerprint density at radius 2 is 1.86 bits per heavy atom. The molecule has 4 rings (SSSR count). The van der Waals surface area contributed by atoms with Gasteiger partial charge in [-0.15, -0.1) is 0 Å². The molecule has 2 aromatic heterocycles. The van der Waals surface area contributed by atoms with E-state index < -0.39 is 5.60 Å². The number of rotatable bonds is 3. The maximum absolute atomic E-state index is 13.0. The Morgan fingerprint density at radius 3 is 2.48 bits per heavy atom. The molecule has 0 bridgehead atoms. The maximum Gasteiger partial charge on any atom is 0.410 e. The van der Waals surface area contributed by atoms with Gasteiger partial charge in [0.1, 0.15) is 5.60 Å². The number of fused-ring (bicyclic) bond motifs is 1. The van der Waals surface area contributed by atoms with Gasteiger partial charge in [-0.1, -0.05) is 0 Å². The zero-order chi connectivity index (χ0) is 20.8. The zero-order valence-electron chi connectivity index (χ0n) is 17.4. The molecule has 2 amide bonds. The van der Waals surface area contributed by atoms with Gasteiger partial charge in [0.15, 0.2) is 5.69 Å². The van der Waals surface area contributed by atoms with Crippen LogP contribution in [0.25, 0.3) is 0 Å². The summed E-state index contributed by atoms with van der Waals surface area (Å²) in [6.07, 6.45) is 4.95. The summed E-state index contributed by atoms with van der Waals surface area (Å²) in [4.78, 5) is 31.1. The SMILES string of the molecule is Cc1c(C(=O)NC2(c3ccncc3)CC2)nn2c1CN(C(=O)OC(C)(C)C)CC2. The fourth-order valence-corrected chi connectivity index (χ4v) is 3.70. The minimum Gasteiger partial charge on any atom is -0.444 e. The van der Waals surface area contributed by atoms with E-state index in [4.69, 9.17) is 4.74 Å². The first kappa shape index (κ1) is 19.4. The maximum atomic E-state index is 13.0. The van der Waals surface area contributed by atoms with E-state index in [1.807, 2.05) is 44.5 Å². The zero-order valence-corrected chi connectivity index (χ0v) is 17.4. The van der Waals surface area contributed by atoms with E-state index in [-0.39, 0.29) is 17.5 Å². The summed E-state index contributed by atoms with van der Waals surface area (Å²) < 4.78 is 7.31. The van der Waals surface area contributed by atoms with Crippen molar-refractivity contribution in [1.82, 2.24) is 25.0 Å². The summed E-state index contributed by atoms with van der Waals surface area (Å²) >= 11 is 0. The third kappa shape index (κ3) is 3.83. The molecule has 1 aliphatic carbocycles. The Kier molecular flexibility index (Phi) is 4.59. The van der Waals surface area contributed by atoms with Crippen molar-refractivity contribution in [2.45, 2.75) is 64.8 Å². The molecule has 0 spiro atoms. The second-order valence-electron chi connectivity index (χ2n) is 8.82. The molecular formula is C21H27N5O3. The number of carbonyl (C=O) groups excluding carboxylic acids is 2. The van der Waals surface area contributed by atoms with Gasteiger partial charge in [-0.05, 0) is 58.2 Å². The lowest BCUT2D eigenvalue weighted by Crippen LogP contribution is -2.41. The van der Waals surface area contributed by atoms with Crippen LogP contribution in [0.15, 0.2) is 24.5 Å². The first-order chi connectivity index (χ1) is 13.7. The number of amides is 2. The van der Waals surface area contributed by atoms with E-state index in [0.29, 0.717) is 25.3 Å². The lowest BCUT2D eigenvalue weighted by atomic mass is 10.1. The van der Waals surface area contributed by atoms with Crippen molar-refractivity contribution in [2.24, 2.45) is 0 Å². The number of pyridine rings is 1. The Hall–Kier alpha value is -2.90. The summed E-state index contributed by atoms with van der Waals surface area (Å²) in [7, 11) is 0. The molecule has 1 fully saturated rings. The van der Waals surface area contributed by atoms with Gasteiger partial charge in [0.2, 0.25) is 0 Å². The summed E-state index contributed by atoms with van der Waals surface area (Å²) in [6.45, 7) is 8.87. The van der Waals surface area contributed by atoms with Crippen LogP contribution in [0.5, 0.6) is 0 Å². The van der Waals surface area contributed by atoms with Crippen molar-refractivity contribution in [3.8, 4) is 0 Å². The van der Waals surface area contributed by atoms with Gasteiger partial charge in [0.25, 0.3) is 5.91 Å². The van der Waals surface area contributed by atoms with Crippen LogP contribution < -0.4 is 5.32 Å². The number of ether oxygens (including phenoxy) is 1. The third-order valence-corrected chi connectivity index (χ3v) is 5.45. The van der Waals surface area contributed by atoms with Gasteiger partial charge in [0, 0.05) is 24.5 Å². The molecule has 1 N–H and O–H groups in total. The largest absolute Gasteiger partial charge is 0.444 e. The van der Waals surface area contributed by atoms with Crippen LogP contribution in [0, 0.1) is 6.92 Å². The number of nitrogens with one attached hydrogen (secondary N) is 1. The van der Waals surface area contributed by atoms with Gasteiger partial charge >= 0.3 is 6.09 Å². The van der Waals surface area contributed by atoms with Crippen LogP contribution in [0.4, 0.5) is 4.79 Å². The second kappa shape index (κ2) is 6.86. The van der Waals surface area contributed by atoms with Gasteiger partial charge < -0.3 is 15.0 Å². The highest BCUT2D eigenvalue weighted by atomic mass is 16.6. The van der Waals surface area contributed by atoms with Crippen LogP contribution >= 0.6 is 0 Å². The molecule has 2 aliphatic rings. The third-order valence-electron chi connectivity index (χ3n) is 5.45. The fourth-order valence-electron chi connectivity index (χ4n) is 3.70. The predicted molar refractivity (Wildman–Crippen MR) is 106 cm³/mol. The van der Waals surface area contributed by atoms with Crippen molar-refractivity contribution < 1.29 is 14.3 Å². The fraction of sp³-hybridized carbons (Fsp3) is 0.524. The minimum atomic E-state index is -0.541. The molecule has 0 radical (unpaired) electrons. The average molecular weight is 397 g/mol. The van der Waals surface area contributed by atoms with Crippen molar-refractivity contribution in [2.75, 3.05) is 6.54 Å². The number of hydrogen-bond acceptors (Lipinski definition) is 5. The molecule has 154 valence electrons. The van der Waals surface area contributed by atoms with Crippen molar-refractivity contribution in [3.63, 3.8) is 0 Å². The molecule has 8 nitrogen and oxygen atoms in total. The number of hydrogen-bond donors (Lipinski definition) is 1. The highest BCUT2D eigenvalue weighted by Crippen LogP contribution is 2.45.